The van der Waals surface area contributed by atoms with Gasteiger partial charge in [-0.2, -0.15) is 0 Å². The van der Waals surface area contributed by atoms with Gasteiger partial charge in [0.15, 0.2) is 0 Å². The number of carbonyl (C=O) groups excluding carboxylic acids is 1. The van der Waals surface area contributed by atoms with Crippen molar-refractivity contribution in [2.75, 3.05) is 0 Å². The number of hydrogen-bond acceptors (Lipinski definition) is 2. The molecule has 1 nitrogen and oxygen atoms in total. The van der Waals surface area contributed by atoms with Gasteiger partial charge in [-0.3, -0.25) is 4.79 Å². The lowest BCUT2D eigenvalue weighted by molar-refractivity contribution is 0.112. The predicted octanol–water partition coefficient (Wildman–Crippen LogP) is 4.37. The second-order valence-corrected chi connectivity index (χ2v) is 5.14. The van der Waals surface area contributed by atoms with Gasteiger partial charge in [-0.05, 0) is 21.5 Å². The molecule has 0 aliphatic carbocycles. The Morgan fingerprint density at radius 3 is 2.86 bits per heavy atom. The molecule has 1 aromatic carbocycles. The summed E-state index contributed by atoms with van der Waals surface area (Å²) in [5.74, 6) is 0. The highest BCUT2D eigenvalue weighted by Gasteiger charge is 2.09. The quantitative estimate of drug-likeness (QED) is 0.589. The molecular formula is C10H6Br2OS. The first-order valence-corrected chi connectivity index (χ1v) is 6.77. The molecule has 0 saturated heterocycles. The molecule has 1 aromatic heterocycles. The van der Waals surface area contributed by atoms with Crippen LogP contribution >= 0.6 is 43.2 Å². The van der Waals surface area contributed by atoms with Gasteiger partial charge in [0.25, 0.3) is 0 Å². The highest BCUT2D eigenvalue weighted by Crippen LogP contribution is 2.34. The SMILES string of the molecule is O=Cc1ccc2c(Br)csc2c1CBr. The molecule has 0 fully saturated rings. The van der Waals surface area contributed by atoms with E-state index in [1.807, 2.05) is 17.5 Å². The first kappa shape index (κ1) is 10.3. The summed E-state index contributed by atoms with van der Waals surface area (Å²) in [6.07, 6.45) is 0.906. The first-order chi connectivity index (χ1) is 6.77. The topological polar surface area (TPSA) is 17.1 Å². The van der Waals surface area contributed by atoms with Crippen LogP contribution in [0.1, 0.15) is 15.9 Å². The van der Waals surface area contributed by atoms with Gasteiger partial charge in [0, 0.05) is 30.8 Å². The molecule has 0 unspecified atom stereocenters. The van der Waals surface area contributed by atoms with Crippen LogP contribution in [0.2, 0.25) is 0 Å². The van der Waals surface area contributed by atoms with Gasteiger partial charge in [0.2, 0.25) is 0 Å². The normalized spacial score (nSPS) is 10.7. The van der Waals surface area contributed by atoms with Crippen molar-refractivity contribution < 1.29 is 4.79 Å². The summed E-state index contributed by atoms with van der Waals surface area (Å²) in [4.78, 5) is 10.8. The molecule has 1 heterocycles. The van der Waals surface area contributed by atoms with E-state index in [1.54, 1.807) is 11.3 Å². The van der Waals surface area contributed by atoms with Gasteiger partial charge in [-0.25, -0.2) is 0 Å². The summed E-state index contributed by atoms with van der Waals surface area (Å²) in [6, 6.07) is 3.84. The van der Waals surface area contributed by atoms with E-state index in [2.05, 4.69) is 31.9 Å². The van der Waals surface area contributed by atoms with Crippen LogP contribution in [0, 0.1) is 0 Å². The fourth-order valence-corrected chi connectivity index (χ4v) is 3.91. The van der Waals surface area contributed by atoms with Crippen LogP contribution in [0.5, 0.6) is 0 Å². The van der Waals surface area contributed by atoms with Crippen molar-refractivity contribution in [3.05, 3.63) is 33.1 Å². The summed E-state index contributed by atoms with van der Waals surface area (Å²) in [6.45, 7) is 0. The summed E-state index contributed by atoms with van der Waals surface area (Å²) < 4.78 is 2.27. The summed E-state index contributed by atoms with van der Waals surface area (Å²) in [7, 11) is 0. The number of benzene rings is 1. The van der Waals surface area contributed by atoms with E-state index in [0.717, 1.165) is 21.9 Å². The molecule has 2 aromatic rings. The maximum absolute atomic E-state index is 10.8. The average Bonchev–Trinajstić information content (AvgIpc) is 2.59. The molecule has 72 valence electrons. The van der Waals surface area contributed by atoms with Crippen LogP contribution in [0.4, 0.5) is 0 Å². The number of thiophene rings is 1. The van der Waals surface area contributed by atoms with Gasteiger partial charge < -0.3 is 0 Å². The Morgan fingerprint density at radius 2 is 2.21 bits per heavy atom. The molecule has 0 spiro atoms. The monoisotopic (exact) mass is 332 g/mol. The van der Waals surface area contributed by atoms with E-state index in [4.69, 9.17) is 0 Å². The molecule has 0 aliphatic heterocycles. The van der Waals surface area contributed by atoms with Crippen molar-refractivity contribution in [1.82, 2.24) is 0 Å². The molecule has 0 radical (unpaired) electrons. The third-order valence-corrected chi connectivity index (χ3v) is 4.67. The molecule has 14 heavy (non-hydrogen) atoms. The van der Waals surface area contributed by atoms with E-state index >= 15 is 0 Å². The minimum absolute atomic E-state index is 0.714. The van der Waals surface area contributed by atoms with Crippen LogP contribution in [0.3, 0.4) is 0 Å². The van der Waals surface area contributed by atoms with E-state index in [1.165, 1.54) is 10.1 Å². The Kier molecular flexibility index (Phi) is 3.04. The molecule has 0 aliphatic rings. The zero-order valence-corrected chi connectivity index (χ0v) is 11.1. The van der Waals surface area contributed by atoms with E-state index in [0.29, 0.717) is 5.33 Å². The lowest BCUT2D eigenvalue weighted by Crippen LogP contribution is -1.88. The van der Waals surface area contributed by atoms with Gasteiger partial charge in [-0.1, -0.05) is 28.1 Å². The van der Waals surface area contributed by atoms with E-state index < -0.39 is 0 Å². The molecule has 2 rings (SSSR count). The molecule has 0 amide bonds. The zero-order valence-electron chi connectivity index (χ0n) is 7.09. The molecule has 0 bridgehead atoms. The molecule has 0 atom stereocenters. The Morgan fingerprint density at radius 1 is 1.43 bits per heavy atom. The first-order valence-electron chi connectivity index (χ1n) is 3.97. The number of halogens is 2. The largest absolute Gasteiger partial charge is 0.298 e. The summed E-state index contributed by atoms with van der Waals surface area (Å²) >= 11 is 8.55. The van der Waals surface area contributed by atoms with Crippen molar-refractivity contribution in [2.45, 2.75) is 5.33 Å². The second kappa shape index (κ2) is 4.13. The zero-order chi connectivity index (χ0) is 10.1. The lowest BCUT2D eigenvalue weighted by Gasteiger charge is -2.02. The summed E-state index contributed by atoms with van der Waals surface area (Å²) in [5, 5.41) is 3.94. The molecule has 0 N–H and O–H groups in total. The van der Waals surface area contributed by atoms with Gasteiger partial charge in [0.05, 0.1) is 0 Å². The number of rotatable bonds is 2. The fraction of sp³-hybridized carbons (Fsp3) is 0.100. The average molecular weight is 334 g/mol. The van der Waals surface area contributed by atoms with Gasteiger partial charge in [0.1, 0.15) is 6.29 Å². The smallest absolute Gasteiger partial charge is 0.150 e. The number of alkyl halides is 1. The minimum atomic E-state index is 0.714. The lowest BCUT2D eigenvalue weighted by atomic mass is 10.1. The highest BCUT2D eigenvalue weighted by molar-refractivity contribution is 9.10. The number of carbonyl (C=O) groups is 1. The third kappa shape index (κ3) is 1.55. The van der Waals surface area contributed by atoms with Crippen molar-refractivity contribution in [2.24, 2.45) is 0 Å². The van der Waals surface area contributed by atoms with Crippen LogP contribution in [0.25, 0.3) is 10.1 Å². The van der Waals surface area contributed by atoms with Gasteiger partial charge >= 0.3 is 0 Å². The van der Waals surface area contributed by atoms with Crippen molar-refractivity contribution in [1.29, 1.82) is 0 Å². The Hall–Kier alpha value is -0.190. The predicted molar refractivity (Wildman–Crippen MR) is 67.5 cm³/mol. The Bertz CT molecular complexity index is 490. The van der Waals surface area contributed by atoms with Crippen LogP contribution < -0.4 is 0 Å². The third-order valence-electron chi connectivity index (χ3n) is 2.09. The van der Waals surface area contributed by atoms with E-state index in [9.17, 15) is 4.79 Å². The van der Waals surface area contributed by atoms with Crippen molar-refractivity contribution >= 4 is 59.6 Å². The molecule has 0 saturated carbocycles. The molecule has 4 heteroatoms. The molecular weight excluding hydrogens is 328 g/mol. The van der Waals surface area contributed by atoms with Crippen LogP contribution in [-0.2, 0) is 5.33 Å². The van der Waals surface area contributed by atoms with Crippen LogP contribution in [0.15, 0.2) is 22.0 Å². The number of fused-ring (bicyclic) bond motifs is 1. The highest BCUT2D eigenvalue weighted by atomic mass is 79.9. The van der Waals surface area contributed by atoms with Crippen LogP contribution in [-0.4, -0.2) is 6.29 Å². The number of hydrogen-bond donors (Lipinski definition) is 0. The van der Waals surface area contributed by atoms with Crippen molar-refractivity contribution in [3.8, 4) is 0 Å². The Balaban J connectivity index is 2.84. The standard InChI is InChI=1S/C10H6Br2OS/c11-3-8-6(4-13)1-2-7-9(12)5-14-10(7)8/h1-2,4-5H,3H2. The minimum Gasteiger partial charge on any atom is -0.298 e. The second-order valence-electron chi connectivity index (χ2n) is 2.85. The maximum atomic E-state index is 10.8. The van der Waals surface area contributed by atoms with Crippen molar-refractivity contribution in [3.63, 3.8) is 0 Å². The fourth-order valence-electron chi connectivity index (χ4n) is 1.39. The van der Waals surface area contributed by atoms with Gasteiger partial charge in [-0.15, -0.1) is 11.3 Å². The summed E-state index contributed by atoms with van der Waals surface area (Å²) in [5.41, 5.74) is 1.84. The maximum Gasteiger partial charge on any atom is 0.150 e. The number of aldehydes is 1. The Labute approximate surface area is 102 Å². The van der Waals surface area contributed by atoms with E-state index in [-0.39, 0.29) is 0 Å².